The van der Waals surface area contributed by atoms with Crippen molar-refractivity contribution in [2.45, 2.75) is 37.4 Å². The van der Waals surface area contributed by atoms with E-state index in [1.54, 1.807) is 0 Å². The van der Waals surface area contributed by atoms with Gasteiger partial charge in [0.2, 0.25) is 0 Å². The third-order valence-electron chi connectivity index (χ3n) is 2.54. The van der Waals surface area contributed by atoms with Crippen molar-refractivity contribution in [2.75, 3.05) is 6.61 Å². The molecule has 94 valence electrons. The molecule has 0 fully saturated rings. The third-order valence-corrected chi connectivity index (χ3v) is 3.38. The Hall–Kier alpha value is -0.830. The summed E-state index contributed by atoms with van der Waals surface area (Å²) in [5.74, 6) is -0.144. The molecular weight excluding hydrogens is 280 g/mol. The van der Waals surface area contributed by atoms with E-state index in [0.717, 1.165) is 25.7 Å². The second kappa shape index (κ2) is 8.29. The maximum Gasteiger partial charge on any atom is 0.319 e. The van der Waals surface area contributed by atoms with Gasteiger partial charge >= 0.3 is 5.97 Å². The summed E-state index contributed by atoms with van der Waals surface area (Å²) in [7, 11) is 0. The molecule has 0 N–H and O–H groups in total. The molecule has 0 aliphatic rings. The van der Waals surface area contributed by atoms with Crippen LogP contribution in [0.15, 0.2) is 30.3 Å². The van der Waals surface area contributed by atoms with E-state index in [4.69, 9.17) is 4.74 Å². The number of rotatable bonds is 7. The average Bonchev–Trinajstić information content (AvgIpc) is 2.37. The Balaban J connectivity index is 2.20. The molecular formula is C14H19BrO2. The highest BCUT2D eigenvalue weighted by Gasteiger charge is 2.15. The van der Waals surface area contributed by atoms with Crippen LogP contribution in [0.3, 0.4) is 0 Å². The SMILES string of the molecule is CCCCC(Br)C(=O)OCCc1ccccc1. The monoisotopic (exact) mass is 298 g/mol. The molecule has 0 bridgehead atoms. The Bertz CT molecular complexity index is 324. The Morgan fingerprint density at radius 3 is 2.71 bits per heavy atom. The molecule has 1 aromatic carbocycles. The lowest BCUT2D eigenvalue weighted by Gasteiger charge is -2.09. The van der Waals surface area contributed by atoms with Crippen molar-refractivity contribution in [1.29, 1.82) is 0 Å². The highest BCUT2D eigenvalue weighted by atomic mass is 79.9. The fourth-order valence-electron chi connectivity index (χ4n) is 1.51. The number of halogens is 1. The second-order valence-corrected chi connectivity index (χ2v) is 5.12. The van der Waals surface area contributed by atoms with Gasteiger partial charge in [-0.05, 0) is 12.0 Å². The Morgan fingerprint density at radius 1 is 1.35 bits per heavy atom. The number of alkyl halides is 1. The third kappa shape index (κ3) is 5.87. The first-order chi connectivity index (χ1) is 8.24. The zero-order chi connectivity index (χ0) is 12.5. The zero-order valence-electron chi connectivity index (χ0n) is 10.2. The van der Waals surface area contributed by atoms with Crippen LogP contribution in [0.2, 0.25) is 0 Å². The lowest BCUT2D eigenvalue weighted by molar-refractivity contribution is -0.142. The van der Waals surface area contributed by atoms with Gasteiger partial charge in [-0.3, -0.25) is 4.79 Å². The van der Waals surface area contributed by atoms with E-state index in [-0.39, 0.29) is 10.8 Å². The number of carbonyl (C=O) groups is 1. The van der Waals surface area contributed by atoms with Gasteiger partial charge < -0.3 is 4.74 Å². The summed E-state index contributed by atoms with van der Waals surface area (Å²) in [6, 6.07) is 10.0. The molecule has 0 aromatic heterocycles. The molecule has 0 spiro atoms. The summed E-state index contributed by atoms with van der Waals surface area (Å²) in [6.45, 7) is 2.57. The molecule has 17 heavy (non-hydrogen) atoms. The average molecular weight is 299 g/mol. The van der Waals surface area contributed by atoms with Crippen LogP contribution >= 0.6 is 15.9 Å². The molecule has 1 aromatic rings. The van der Waals surface area contributed by atoms with Gasteiger partial charge in [-0.2, -0.15) is 0 Å². The highest BCUT2D eigenvalue weighted by molar-refractivity contribution is 9.10. The van der Waals surface area contributed by atoms with Crippen molar-refractivity contribution in [1.82, 2.24) is 0 Å². The first-order valence-corrected chi connectivity index (χ1v) is 7.00. The van der Waals surface area contributed by atoms with Crippen molar-refractivity contribution in [2.24, 2.45) is 0 Å². The van der Waals surface area contributed by atoms with Gasteiger partial charge in [-0.25, -0.2) is 0 Å². The van der Waals surface area contributed by atoms with Crippen molar-refractivity contribution >= 4 is 21.9 Å². The lowest BCUT2D eigenvalue weighted by Crippen LogP contribution is -2.18. The van der Waals surface area contributed by atoms with E-state index in [1.165, 1.54) is 5.56 Å². The number of unbranched alkanes of at least 4 members (excludes halogenated alkanes) is 1. The van der Waals surface area contributed by atoms with Gasteiger partial charge in [0, 0.05) is 6.42 Å². The summed E-state index contributed by atoms with van der Waals surface area (Å²) in [5.41, 5.74) is 1.19. The standard InChI is InChI=1S/C14H19BrO2/c1-2-3-9-13(15)14(16)17-11-10-12-7-5-4-6-8-12/h4-8,13H,2-3,9-11H2,1H3. The van der Waals surface area contributed by atoms with Crippen molar-refractivity contribution in [3.8, 4) is 0 Å². The van der Waals surface area contributed by atoms with Crippen LogP contribution in [0.5, 0.6) is 0 Å². The summed E-state index contributed by atoms with van der Waals surface area (Å²) in [6.07, 6.45) is 3.77. The number of esters is 1. The van der Waals surface area contributed by atoms with Crippen LogP contribution in [0.1, 0.15) is 31.7 Å². The fourth-order valence-corrected chi connectivity index (χ4v) is 1.96. The molecule has 0 saturated carbocycles. The van der Waals surface area contributed by atoms with Crippen molar-refractivity contribution in [3.63, 3.8) is 0 Å². The van der Waals surface area contributed by atoms with Crippen LogP contribution in [0, 0.1) is 0 Å². The van der Waals surface area contributed by atoms with E-state index in [9.17, 15) is 4.79 Å². The fraction of sp³-hybridized carbons (Fsp3) is 0.500. The van der Waals surface area contributed by atoms with Gasteiger partial charge in [0.15, 0.2) is 0 Å². The minimum absolute atomic E-state index is 0.144. The number of hydrogen-bond donors (Lipinski definition) is 0. The largest absolute Gasteiger partial charge is 0.465 e. The highest BCUT2D eigenvalue weighted by Crippen LogP contribution is 2.11. The van der Waals surface area contributed by atoms with E-state index in [2.05, 4.69) is 22.9 Å². The molecule has 0 radical (unpaired) electrons. The van der Waals surface area contributed by atoms with Gasteiger partial charge in [0.1, 0.15) is 4.83 Å². The number of carbonyl (C=O) groups excluding carboxylic acids is 1. The summed E-state index contributed by atoms with van der Waals surface area (Å²) >= 11 is 3.36. The molecule has 3 heteroatoms. The summed E-state index contributed by atoms with van der Waals surface area (Å²) in [5, 5.41) is 0. The smallest absolute Gasteiger partial charge is 0.319 e. The Labute approximate surface area is 111 Å². The predicted octanol–water partition coefficient (Wildman–Crippen LogP) is 3.73. The minimum Gasteiger partial charge on any atom is -0.465 e. The summed E-state index contributed by atoms with van der Waals surface area (Å²) in [4.78, 5) is 11.4. The van der Waals surface area contributed by atoms with E-state index >= 15 is 0 Å². The van der Waals surface area contributed by atoms with Crippen molar-refractivity contribution in [3.05, 3.63) is 35.9 Å². The second-order valence-electron chi connectivity index (χ2n) is 4.01. The number of benzene rings is 1. The van der Waals surface area contributed by atoms with E-state index in [1.807, 2.05) is 30.3 Å². The van der Waals surface area contributed by atoms with Crippen LogP contribution < -0.4 is 0 Å². The van der Waals surface area contributed by atoms with Gasteiger partial charge in [0.05, 0.1) is 6.61 Å². The molecule has 0 aliphatic carbocycles. The lowest BCUT2D eigenvalue weighted by atomic mass is 10.2. The normalized spacial score (nSPS) is 12.1. The summed E-state index contributed by atoms with van der Waals surface area (Å²) < 4.78 is 5.22. The van der Waals surface area contributed by atoms with Crippen LogP contribution in [-0.2, 0) is 16.0 Å². The first-order valence-electron chi connectivity index (χ1n) is 6.08. The Kier molecular flexibility index (Phi) is 6.94. The van der Waals surface area contributed by atoms with Gasteiger partial charge in [-0.15, -0.1) is 0 Å². The molecule has 1 rings (SSSR count). The van der Waals surface area contributed by atoms with Crippen molar-refractivity contribution < 1.29 is 9.53 Å². The molecule has 0 saturated heterocycles. The molecule has 0 aliphatic heterocycles. The van der Waals surface area contributed by atoms with Crippen LogP contribution in [0.25, 0.3) is 0 Å². The first kappa shape index (κ1) is 14.2. The van der Waals surface area contributed by atoms with E-state index < -0.39 is 0 Å². The maximum absolute atomic E-state index is 11.6. The molecule has 0 heterocycles. The van der Waals surface area contributed by atoms with Crippen LogP contribution in [0.4, 0.5) is 0 Å². The Morgan fingerprint density at radius 2 is 2.06 bits per heavy atom. The van der Waals surface area contributed by atoms with Crippen LogP contribution in [-0.4, -0.2) is 17.4 Å². The molecule has 1 atom stereocenters. The topological polar surface area (TPSA) is 26.3 Å². The quantitative estimate of drug-likeness (QED) is 0.566. The molecule has 2 nitrogen and oxygen atoms in total. The molecule has 0 amide bonds. The predicted molar refractivity (Wildman–Crippen MR) is 73.3 cm³/mol. The number of hydrogen-bond acceptors (Lipinski definition) is 2. The van der Waals surface area contributed by atoms with Gasteiger partial charge in [-0.1, -0.05) is 66.0 Å². The maximum atomic E-state index is 11.6. The van der Waals surface area contributed by atoms with Gasteiger partial charge in [0.25, 0.3) is 0 Å². The molecule has 1 unspecified atom stereocenters. The van der Waals surface area contributed by atoms with E-state index in [0.29, 0.717) is 6.61 Å². The number of ether oxygens (including phenoxy) is 1. The minimum atomic E-state index is -0.154. The zero-order valence-corrected chi connectivity index (χ0v) is 11.8.